The molecule has 0 aromatic heterocycles. The van der Waals surface area contributed by atoms with Crippen molar-refractivity contribution in [1.82, 2.24) is 5.32 Å². The highest BCUT2D eigenvalue weighted by molar-refractivity contribution is 14.1. The first-order valence-corrected chi connectivity index (χ1v) is 10.2. The quantitative estimate of drug-likeness (QED) is 0.392. The van der Waals surface area contributed by atoms with Crippen LogP contribution < -0.4 is 5.32 Å². The normalized spacial score (nSPS) is 25.7. The number of rotatable bonds is 3. The number of amides is 1. The smallest absolute Gasteiger partial charge is 0.252 e. The fraction of sp³-hybridized carbons (Fsp3) is 0.533. The fourth-order valence-corrected chi connectivity index (χ4v) is 4.94. The van der Waals surface area contributed by atoms with Crippen molar-refractivity contribution >= 4 is 73.7 Å². The van der Waals surface area contributed by atoms with E-state index in [1.165, 1.54) is 0 Å². The maximum absolute atomic E-state index is 12.4. The van der Waals surface area contributed by atoms with E-state index in [9.17, 15) is 9.90 Å². The zero-order valence-corrected chi connectivity index (χ0v) is 18.2. The van der Waals surface area contributed by atoms with Gasteiger partial charge >= 0.3 is 0 Å². The Balaban J connectivity index is 2.02. The second kappa shape index (κ2) is 7.61. The molecule has 0 saturated heterocycles. The summed E-state index contributed by atoms with van der Waals surface area (Å²) in [6, 6.07) is 3.95. The van der Waals surface area contributed by atoms with Gasteiger partial charge in [-0.25, -0.2) is 0 Å². The van der Waals surface area contributed by atoms with Gasteiger partial charge in [0.1, 0.15) is 0 Å². The van der Waals surface area contributed by atoms with Crippen LogP contribution in [0.4, 0.5) is 0 Å². The Hall–Kier alpha value is 0.840. The molecule has 1 aliphatic carbocycles. The second-order valence-corrected chi connectivity index (χ2v) is 9.33. The Labute approximate surface area is 166 Å². The number of carbonyl (C=O) groups excluding carboxylic acids is 1. The predicted octanol–water partition coefficient (Wildman–Crippen LogP) is 4.17. The highest BCUT2D eigenvalue weighted by Gasteiger charge is 2.32. The Morgan fingerprint density at radius 1 is 1.33 bits per heavy atom. The molecule has 1 fully saturated rings. The molecule has 1 aliphatic rings. The summed E-state index contributed by atoms with van der Waals surface area (Å²) in [7, 11) is 0. The van der Waals surface area contributed by atoms with Crippen molar-refractivity contribution in [1.29, 1.82) is 0 Å². The van der Waals surface area contributed by atoms with Gasteiger partial charge in [0, 0.05) is 17.3 Å². The molecular weight excluding hydrogens is 607 g/mol. The van der Waals surface area contributed by atoms with Gasteiger partial charge in [0.05, 0.1) is 11.2 Å². The molecular formula is C15H18I3NO2. The summed E-state index contributed by atoms with van der Waals surface area (Å²) in [5.41, 5.74) is -0.0393. The molecule has 1 aromatic carbocycles. The third-order valence-corrected chi connectivity index (χ3v) is 7.69. The molecule has 0 bridgehead atoms. The van der Waals surface area contributed by atoms with E-state index in [0.717, 1.165) is 36.4 Å². The van der Waals surface area contributed by atoms with Crippen molar-refractivity contribution in [3.05, 3.63) is 28.4 Å². The van der Waals surface area contributed by atoms with Crippen LogP contribution in [0.5, 0.6) is 0 Å². The van der Waals surface area contributed by atoms with Crippen LogP contribution in [0.3, 0.4) is 0 Å². The van der Waals surface area contributed by atoms with Gasteiger partial charge in [0.2, 0.25) is 0 Å². The summed E-state index contributed by atoms with van der Waals surface area (Å²) in [4.78, 5) is 12.4. The number of hydrogen-bond donors (Lipinski definition) is 2. The van der Waals surface area contributed by atoms with Crippen molar-refractivity contribution in [3.63, 3.8) is 0 Å². The lowest BCUT2D eigenvalue weighted by Crippen LogP contribution is -2.45. The number of halogens is 3. The van der Waals surface area contributed by atoms with Crippen LogP contribution in [0.15, 0.2) is 12.1 Å². The summed E-state index contributed by atoms with van der Waals surface area (Å²) >= 11 is 6.67. The first-order chi connectivity index (χ1) is 9.81. The zero-order chi connectivity index (χ0) is 15.6. The van der Waals surface area contributed by atoms with Crippen molar-refractivity contribution in [2.24, 2.45) is 5.92 Å². The Morgan fingerprint density at radius 2 is 1.95 bits per heavy atom. The first-order valence-electron chi connectivity index (χ1n) is 6.96. The van der Waals surface area contributed by atoms with Crippen LogP contribution in [0.2, 0.25) is 0 Å². The number of hydrogen-bond acceptors (Lipinski definition) is 2. The summed E-state index contributed by atoms with van der Waals surface area (Å²) in [6.45, 7) is 2.56. The van der Waals surface area contributed by atoms with Crippen molar-refractivity contribution in [2.75, 3.05) is 6.54 Å². The number of carbonyl (C=O) groups is 1. The molecule has 6 heteroatoms. The molecule has 3 nitrogen and oxygen atoms in total. The molecule has 1 amide bonds. The van der Waals surface area contributed by atoms with Crippen LogP contribution in [-0.4, -0.2) is 23.2 Å². The molecule has 0 unspecified atom stereocenters. The number of benzene rings is 1. The molecule has 0 atom stereocenters. The summed E-state index contributed by atoms with van der Waals surface area (Å²) in [6.07, 6.45) is 3.61. The molecule has 2 rings (SSSR count). The lowest BCUT2D eigenvalue weighted by molar-refractivity contribution is -0.00540. The monoisotopic (exact) mass is 625 g/mol. The van der Waals surface area contributed by atoms with Crippen LogP contribution in [0, 0.1) is 16.6 Å². The van der Waals surface area contributed by atoms with Crippen LogP contribution in [0.25, 0.3) is 0 Å². The molecule has 2 N–H and O–H groups in total. The molecule has 0 spiro atoms. The number of nitrogens with one attached hydrogen (secondary N) is 1. The zero-order valence-electron chi connectivity index (χ0n) is 11.8. The maximum atomic E-state index is 12.4. The molecule has 1 saturated carbocycles. The van der Waals surface area contributed by atoms with Crippen molar-refractivity contribution < 1.29 is 9.90 Å². The molecule has 21 heavy (non-hydrogen) atoms. The fourth-order valence-electron chi connectivity index (χ4n) is 2.54. The average Bonchev–Trinajstić information content (AvgIpc) is 2.44. The predicted molar refractivity (Wildman–Crippen MR) is 110 cm³/mol. The van der Waals surface area contributed by atoms with E-state index in [1.54, 1.807) is 0 Å². The minimum Gasteiger partial charge on any atom is -0.388 e. The van der Waals surface area contributed by atoms with Gasteiger partial charge in [0.15, 0.2) is 0 Å². The molecule has 1 aromatic rings. The highest BCUT2D eigenvalue weighted by Crippen LogP contribution is 2.31. The SMILES string of the molecule is CC1CCC(O)(CNC(=O)c2cc(I)cc(I)c2I)CC1. The third-order valence-electron chi connectivity index (χ3n) is 4.02. The van der Waals surface area contributed by atoms with E-state index in [4.69, 9.17) is 0 Å². The summed E-state index contributed by atoms with van der Waals surface area (Å²) in [5, 5.41) is 13.5. The van der Waals surface area contributed by atoms with Crippen molar-refractivity contribution in [2.45, 2.75) is 38.2 Å². The van der Waals surface area contributed by atoms with Gasteiger partial charge < -0.3 is 10.4 Å². The second-order valence-electron chi connectivity index (χ2n) is 5.84. The van der Waals surface area contributed by atoms with Gasteiger partial charge in [-0.05, 0) is 112 Å². The Bertz CT molecular complexity index is 540. The van der Waals surface area contributed by atoms with Crippen molar-refractivity contribution in [3.8, 4) is 0 Å². The van der Waals surface area contributed by atoms with Crippen LogP contribution in [-0.2, 0) is 0 Å². The standard InChI is InChI=1S/C15H18I3NO2/c1-9-2-4-15(21,5-3-9)8-19-14(20)11-6-10(16)7-12(17)13(11)18/h6-7,9,21H,2-5,8H2,1H3,(H,19,20). The van der Waals surface area contributed by atoms with Gasteiger partial charge in [0.25, 0.3) is 5.91 Å². The maximum Gasteiger partial charge on any atom is 0.252 e. The van der Waals surface area contributed by atoms with E-state index >= 15 is 0 Å². The van der Waals surface area contributed by atoms with Crippen LogP contribution >= 0.6 is 67.8 Å². The van der Waals surface area contributed by atoms with Crippen LogP contribution in [0.1, 0.15) is 43.0 Å². The van der Waals surface area contributed by atoms with E-state index in [1.807, 2.05) is 6.07 Å². The van der Waals surface area contributed by atoms with E-state index < -0.39 is 5.60 Å². The lowest BCUT2D eigenvalue weighted by atomic mass is 9.79. The van der Waals surface area contributed by atoms with Gasteiger partial charge in [-0.2, -0.15) is 0 Å². The average molecular weight is 625 g/mol. The topological polar surface area (TPSA) is 49.3 Å². The van der Waals surface area contributed by atoms with E-state index in [2.05, 4.69) is 86.1 Å². The molecule has 0 heterocycles. The van der Waals surface area contributed by atoms with Gasteiger partial charge in [-0.1, -0.05) is 6.92 Å². The minimum atomic E-state index is -0.733. The lowest BCUT2D eigenvalue weighted by Gasteiger charge is -2.35. The Morgan fingerprint density at radius 3 is 2.57 bits per heavy atom. The van der Waals surface area contributed by atoms with E-state index in [0.29, 0.717) is 18.0 Å². The third kappa shape index (κ3) is 4.90. The summed E-state index contributed by atoms with van der Waals surface area (Å²) in [5.74, 6) is 0.585. The first kappa shape index (κ1) is 18.2. The highest BCUT2D eigenvalue weighted by atomic mass is 127. The Kier molecular flexibility index (Phi) is 6.59. The largest absolute Gasteiger partial charge is 0.388 e. The molecule has 0 aliphatic heterocycles. The summed E-state index contributed by atoms with van der Waals surface area (Å²) < 4.78 is 3.10. The minimum absolute atomic E-state index is 0.0946. The molecule has 0 radical (unpaired) electrons. The van der Waals surface area contributed by atoms with Gasteiger partial charge in [-0.15, -0.1) is 0 Å². The van der Waals surface area contributed by atoms with Gasteiger partial charge in [-0.3, -0.25) is 4.79 Å². The number of aliphatic hydroxyl groups is 1. The van der Waals surface area contributed by atoms with E-state index in [-0.39, 0.29) is 5.91 Å². The molecule has 116 valence electrons.